The van der Waals surface area contributed by atoms with Gasteiger partial charge in [-0.15, -0.1) is 0 Å². The average Bonchev–Trinajstić information content (AvgIpc) is 3.07. The molecule has 0 radical (unpaired) electrons. The van der Waals surface area contributed by atoms with Crippen molar-refractivity contribution in [2.45, 2.75) is 76.7 Å². The molecule has 13 heteroatoms. The number of nitroso groups, excluding NO2 is 1. The average molecular weight is 698 g/mol. The van der Waals surface area contributed by atoms with Gasteiger partial charge in [0.15, 0.2) is 0 Å². The zero-order valence-corrected chi connectivity index (χ0v) is 29.3. The van der Waals surface area contributed by atoms with Gasteiger partial charge in [0, 0.05) is 19.6 Å². The van der Waals surface area contributed by atoms with Crippen LogP contribution in [-0.4, -0.2) is 67.5 Å². The topological polar surface area (TPSA) is 157 Å². The van der Waals surface area contributed by atoms with Crippen LogP contribution >= 0.6 is 0 Å². The smallest absolute Gasteiger partial charge is 0.243 e. The Morgan fingerprint density at radius 1 is 0.898 bits per heavy atom. The van der Waals surface area contributed by atoms with Gasteiger partial charge in [-0.1, -0.05) is 93.9 Å². The first-order valence-corrected chi connectivity index (χ1v) is 17.9. The second-order valence-electron chi connectivity index (χ2n) is 12.7. The summed E-state index contributed by atoms with van der Waals surface area (Å²) in [5, 5.41) is 23.2. The summed E-state index contributed by atoms with van der Waals surface area (Å²) in [5.74, 6) is -1.66. The zero-order chi connectivity index (χ0) is 36.0. The lowest BCUT2D eigenvalue weighted by Gasteiger charge is -2.32. The second kappa shape index (κ2) is 19.2. The lowest BCUT2D eigenvalue weighted by molar-refractivity contribution is -0.131. The number of aliphatic hydroxyl groups excluding tert-OH is 1. The fourth-order valence-electron chi connectivity index (χ4n) is 5.32. The van der Waals surface area contributed by atoms with E-state index in [0.717, 1.165) is 5.56 Å². The van der Waals surface area contributed by atoms with Crippen LogP contribution in [0.25, 0.3) is 0 Å². The standard InChI is InChI=1S/C36H48FN5O6S/c1-5-26(4)35(41-34(44)22-38-20-29-12-9-13-30(37)18-29)36(45)40-32(19-27-10-7-6-8-11-27)33(43)24-42(23-25(2)3)49(47,48)31-16-14-28(15-17-31)21-39-46/h6-18,25-26,32-33,35,38,43H,5,19-24H2,1-4H3,(H,40,45)(H,41,44)/t26-,32-,33+,35-/m0/s1. The van der Waals surface area contributed by atoms with E-state index in [1.807, 2.05) is 58.0 Å². The van der Waals surface area contributed by atoms with Gasteiger partial charge in [-0.3, -0.25) is 9.59 Å². The highest BCUT2D eigenvalue weighted by atomic mass is 32.2. The van der Waals surface area contributed by atoms with E-state index in [2.05, 4.69) is 21.1 Å². The van der Waals surface area contributed by atoms with Crippen LogP contribution < -0.4 is 16.0 Å². The Morgan fingerprint density at radius 2 is 1.57 bits per heavy atom. The molecule has 0 unspecified atom stereocenters. The quantitative estimate of drug-likeness (QED) is 0.129. The van der Waals surface area contributed by atoms with E-state index in [0.29, 0.717) is 17.5 Å². The van der Waals surface area contributed by atoms with Crippen molar-refractivity contribution in [3.63, 3.8) is 0 Å². The minimum absolute atomic E-state index is 0.00389. The van der Waals surface area contributed by atoms with Gasteiger partial charge in [-0.05, 0) is 59.2 Å². The van der Waals surface area contributed by atoms with Gasteiger partial charge in [-0.2, -0.15) is 9.21 Å². The molecule has 3 aromatic rings. The van der Waals surface area contributed by atoms with E-state index in [4.69, 9.17) is 0 Å². The number of amides is 2. The Hall–Kier alpha value is -4.04. The first kappa shape index (κ1) is 39.4. The first-order chi connectivity index (χ1) is 23.3. The molecule has 266 valence electrons. The molecular formula is C36H48FN5O6S. The molecule has 49 heavy (non-hydrogen) atoms. The summed E-state index contributed by atoms with van der Waals surface area (Å²) in [4.78, 5) is 37.4. The maximum Gasteiger partial charge on any atom is 0.243 e. The van der Waals surface area contributed by atoms with Gasteiger partial charge in [0.1, 0.15) is 18.4 Å². The lowest BCUT2D eigenvalue weighted by Crippen LogP contribution is -2.57. The number of aliphatic hydroxyl groups is 1. The Kier molecular flexibility index (Phi) is 15.5. The van der Waals surface area contributed by atoms with Crippen LogP contribution in [-0.2, 0) is 39.1 Å². The molecule has 0 aromatic heterocycles. The number of carbonyl (C=O) groups is 2. The van der Waals surface area contributed by atoms with Crippen LogP contribution in [0.4, 0.5) is 4.39 Å². The monoisotopic (exact) mass is 697 g/mol. The van der Waals surface area contributed by atoms with E-state index in [1.165, 1.54) is 40.7 Å². The van der Waals surface area contributed by atoms with Crippen molar-refractivity contribution < 1.29 is 27.5 Å². The summed E-state index contributed by atoms with van der Waals surface area (Å²) in [6, 6.07) is 19.3. The highest BCUT2D eigenvalue weighted by molar-refractivity contribution is 7.89. The number of halogens is 1. The molecule has 0 saturated heterocycles. The lowest BCUT2D eigenvalue weighted by atomic mass is 9.96. The third-order valence-electron chi connectivity index (χ3n) is 8.17. The van der Waals surface area contributed by atoms with E-state index in [1.54, 1.807) is 12.1 Å². The molecule has 3 rings (SSSR count). The van der Waals surface area contributed by atoms with Crippen LogP contribution in [0.2, 0.25) is 0 Å². The van der Waals surface area contributed by atoms with E-state index >= 15 is 0 Å². The van der Waals surface area contributed by atoms with E-state index < -0.39 is 40.0 Å². The van der Waals surface area contributed by atoms with Crippen LogP contribution in [0, 0.1) is 22.6 Å². The fourth-order valence-corrected chi connectivity index (χ4v) is 6.94. The maximum atomic E-state index is 13.8. The van der Waals surface area contributed by atoms with Crippen LogP contribution in [0.1, 0.15) is 50.8 Å². The normalized spacial score (nSPS) is 14.2. The maximum absolute atomic E-state index is 13.8. The summed E-state index contributed by atoms with van der Waals surface area (Å²) >= 11 is 0. The Bertz CT molecular complexity index is 1610. The van der Waals surface area contributed by atoms with Crippen molar-refractivity contribution in [1.82, 2.24) is 20.3 Å². The Labute approximate surface area is 288 Å². The van der Waals surface area contributed by atoms with Gasteiger partial charge < -0.3 is 21.1 Å². The SMILES string of the molecule is CC[C@H](C)[C@H](NC(=O)CNCc1cccc(F)c1)C(=O)N[C@@H](Cc1ccccc1)[C@H](O)CN(CC(C)C)S(=O)(=O)c1ccc(CN=O)cc1. The summed E-state index contributed by atoms with van der Waals surface area (Å²) in [6.07, 6.45) is -0.548. The third-order valence-corrected chi connectivity index (χ3v) is 10.0. The fraction of sp³-hybridized carbons (Fsp3) is 0.444. The number of nitrogens with zero attached hydrogens (tertiary/aromatic N) is 2. The number of rotatable bonds is 20. The van der Waals surface area contributed by atoms with Gasteiger partial charge in [0.05, 0.1) is 23.6 Å². The molecule has 0 fully saturated rings. The molecule has 2 amide bonds. The van der Waals surface area contributed by atoms with Crippen molar-refractivity contribution in [2.75, 3.05) is 19.6 Å². The minimum atomic E-state index is -4.07. The molecule has 4 atom stereocenters. The molecule has 3 aromatic carbocycles. The van der Waals surface area contributed by atoms with Gasteiger partial charge in [0.25, 0.3) is 0 Å². The Morgan fingerprint density at radius 3 is 2.18 bits per heavy atom. The van der Waals surface area contributed by atoms with Crippen molar-refractivity contribution in [1.29, 1.82) is 0 Å². The molecule has 11 nitrogen and oxygen atoms in total. The number of nitrogens with one attached hydrogen (secondary N) is 3. The number of hydrogen-bond donors (Lipinski definition) is 4. The second-order valence-corrected chi connectivity index (χ2v) is 14.6. The number of benzene rings is 3. The number of sulfonamides is 1. The van der Waals surface area contributed by atoms with Gasteiger partial charge in [-0.25, -0.2) is 12.8 Å². The molecule has 0 spiro atoms. The van der Waals surface area contributed by atoms with E-state index in [-0.39, 0.29) is 61.7 Å². The summed E-state index contributed by atoms with van der Waals surface area (Å²) in [7, 11) is -4.07. The summed E-state index contributed by atoms with van der Waals surface area (Å²) in [5.41, 5.74) is 2.05. The first-order valence-electron chi connectivity index (χ1n) is 16.5. The minimum Gasteiger partial charge on any atom is -0.390 e. The van der Waals surface area contributed by atoms with Crippen molar-refractivity contribution in [3.8, 4) is 0 Å². The number of hydrogen-bond acceptors (Lipinski definition) is 8. The molecular weight excluding hydrogens is 649 g/mol. The molecule has 0 aliphatic carbocycles. The predicted octanol–water partition coefficient (Wildman–Crippen LogP) is 4.15. The highest BCUT2D eigenvalue weighted by Crippen LogP contribution is 2.20. The third kappa shape index (κ3) is 12.4. The summed E-state index contributed by atoms with van der Waals surface area (Å²) < 4.78 is 42.3. The van der Waals surface area contributed by atoms with Crippen molar-refractivity contribution >= 4 is 21.8 Å². The predicted molar refractivity (Wildman–Crippen MR) is 187 cm³/mol. The van der Waals surface area contributed by atoms with Crippen LogP contribution in [0.15, 0.2) is 88.9 Å². The van der Waals surface area contributed by atoms with Crippen LogP contribution in [0.5, 0.6) is 0 Å². The molecule has 0 aliphatic heterocycles. The van der Waals surface area contributed by atoms with Crippen LogP contribution in [0.3, 0.4) is 0 Å². The van der Waals surface area contributed by atoms with Crippen molar-refractivity contribution in [3.05, 3.63) is 106 Å². The van der Waals surface area contributed by atoms with Crippen molar-refractivity contribution in [2.24, 2.45) is 17.0 Å². The molecule has 0 bridgehead atoms. The summed E-state index contributed by atoms with van der Waals surface area (Å²) in [6.45, 7) is 7.32. The van der Waals surface area contributed by atoms with Gasteiger partial charge in [0.2, 0.25) is 21.8 Å². The molecule has 0 saturated carbocycles. The Balaban J connectivity index is 1.80. The zero-order valence-electron chi connectivity index (χ0n) is 28.5. The molecule has 0 heterocycles. The molecule has 4 N–H and O–H groups in total. The van der Waals surface area contributed by atoms with Gasteiger partial charge >= 0.3 is 0 Å². The highest BCUT2D eigenvalue weighted by Gasteiger charge is 2.34. The number of carbonyl (C=O) groups excluding carboxylic acids is 2. The van der Waals surface area contributed by atoms with E-state index in [9.17, 15) is 32.4 Å². The molecule has 0 aliphatic rings. The largest absolute Gasteiger partial charge is 0.390 e.